The number of nitrogens with one attached hydrogen (secondary N) is 1. The summed E-state index contributed by atoms with van der Waals surface area (Å²) in [6, 6.07) is 12.3. The van der Waals surface area contributed by atoms with E-state index in [1.807, 2.05) is 30.5 Å². The SMILES string of the molecule is COC1=C(Oc2ccc(Cl)c(Cl)c2)C2C(C)=CC=NC2C(NC(C)CCCN2C(=O)c3ccccc3C2O)=C1. The predicted octanol–water partition coefficient (Wildman–Crippen LogP) is 6.05. The van der Waals surface area contributed by atoms with Gasteiger partial charge in [0.25, 0.3) is 5.91 Å². The Kier molecular flexibility index (Phi) is 8.03. The lowest BCUT2D eigenvalue weighted by atomic mass is 9.82. The van der Waals surface area contributed by atoms with E-state index in [2.05, 4.69) is 19.2 Å². The molecule has 2 aromatic rings. The molecule has 2 aliphatic heterocycles. The molecule has 3 aliphatic rings. The highest BCUT2D eigenvalue weighted by Crippen LogP contribution is 2.40. The van der Waals surface area contributed by atoms with Crippen LogP contribution in [0.4, 0.5) is 0 Å². The zero-order chi connectivity index (χ0) is 27.7. The van der Waals surface area contributed by atoms with Crippen LogP contribution in [0.25, 0.3) is 0 Å². The Morgan fingerprint density at radius 1 is 1.18 bits per heavy atom. The Morgan fingerprint density at radius 2 is 1.97 bits per heavy atom. The molecule has 2 N–H and O–H groups in total. The average Bonchev–Trinajstić information content (AvgIpc) is 3.17. The van der Waals surface area contributed by atoms with Crippen LogP contribution < -0.4 is 10.1 Å². The molecule has 0 bridgehead atoms. The maximum atomic E-state index is 12.7. The van der Waals surface area contributed by atoms with Gasteiger partial charge in [-0.2, -0.15) is 0 Å². The van der Waals surface area contributed by atoms with Gasteiger partial charge in [-0.25, -0.2) is 0 Å². The van der Waals surface area contributed by atoms with E-state index in [9.17, 15) is 9.90 Å². The van der Waals surface area contributed by atoms with Crippen LogP contribution in [0.15, 0.2) is 82.4 Å². The topological polar surface area (TPSA) is 83.4 Å². The summed E-state index contributed by atoms with van der Waals surface area (Å²) in [4.78, 5) is 19.0. The molecule has 0 spiro atoms. The van der Waals surface area contributed by atoms with Crippen molar-refractivity contribution in [2.24, 2.45) is 10.9 Å². The summed E-state index contributed by atoms with van der Waals surface area (Å²) in [7, 11) is 1.62. The van der Waals surface area contributed by atoms with E-state index in [0.717, 1.165) is 24.1 Å². The van der Waals surface area contributed by atoms with Crippen LogP contribution >= 0.6 is 23.2 Å². The number of aliphatic hydroxyl groups excluding tert-OH is 1. The van der Waals surface area contributed by atoms with Gasteiger partial charge in [-0.3, -0.25) is 9.79 Å². The van der Waals surface area contributed by atoms with Gasteiger partial charge < -0.3 is 24.8 Å². The molecule has 4 unspecified atom stereocenters. The lowest BCUT2D eigenvalue weighted by Crippen LogP contribution is -2.40. The Balaban J connectivity index is 1.29. The van der Waals surface area contributed by atoms with Crippen molar-refractivity contribution in [3.8, 4) is 5.75 Å². The van der Waals surface area contributed by atoms with Gasteiger partial charge >= 0.3 is 0 Å². The van der Waals surface area contributed by atoms with Gasteiger partial charge in [-0.05, 0) is 51.0 Å². The first-order chi connectivity index (χ1) is 18.8. The van der Waals surface area contributed by atoms with Crippen molar-refractivity contribution in [3.63, 3.8) is 0 Å². The second-order valence-electron chi connectivity index (χ2n) is 9.99. The van der Waals surface area contributed by atoms with Crippen molar-refractivity contribution in [1.82, 2.24) is 10.2 Å². The molecular formula is C30H31Cl2N3O4. The lowest BCUT2D eigenvalue weighted by Gasteiger charge is -2.36. The van der Waals surface area contributed by atoms with Crippen LogP contribution in [0, 0.1) is 5.92 Å². The number of fused-ring (bicyclic) bond motifs is 2. The first-order valence-electron chi connectivity index (χ1n) is 13.0. The molecule has 1 amide bonds. The highest BCUT2D eigenvalue weighted by molar-refractivity contribution is 6.42. The zero-order valence-corrected chi connectivity index (χ0v) is 23.5. The molecule has 9 heteroatoms. The van der Waals surface area contributed by atoms with Crippen LogP contribution in [0.5, 0.6) is 5.75 Å². The third kappa shape index (κ3) is 5.44. The fourth-order valence-electron chi connectivity index (χ4n) is 5.32. The van der Waals surface area contributed by atoms with E-state index in [4.69, 9.17) is 37.7 Å². The minimum Gasteiger partial charge on any atom is -0.493 e. The second-order valence-corrected chi connectivity index (χ2v) is 10.8. The van der Waals surface area contributed by atoms with Crippen molar-refractivity contribution >= 4 is 35.3 Å². The number of ether oxygens (including phenoxy) is 2. The van der Waals surface area contributed by atoms with Crippen LogP contribution in [-0.2, 0) is 4.74 Å². The van der Waals surface area contributed by atoms with Crippen molar-refractivity contribution in [3.05, 3.63) is 98.6 Å². The maximum Gasteiger partial charge on any atom is 0.256 e. The predicted molar refractivity (Wildman–Crippen MR) is 153 cm³/mol. The Bertz CT molecular complexity index is 1400. The summed E-state index contributed by atoms with van der Waals surface area (Å²) in [6.45, 7) is 4.62. The van der Waals surface area contributed by atoms with Crippen molar-refractivity contribution in [2.75, 3.05) is 13.7 Å². The van der Waals surface area contributed by atoms with Gasteiger partial charge in [-0.1, -0.05) is 47.0 Å². The number of dihydropyridines is 1. The molecule has 0 radical (unpaired) electrons. The van der Waals surface area contributed by atoms with Crippen LogP contribution in [0.2, 0.25) is 10.0 Å². The lowest BCUT2D eigenvalue weighted by molar-refractivity contribution is 0.0168. The Morgan fingerprint density at radius 3 is 2.72 bits per heavy atom. The van der Waals surface area contributed by atoms with Gasteiger partial charge in [0, 0.05) is 47.8 Å². The number of nitrogens with zero attached hydrogens (tertiary/aromatic N) is 2. The average molecular weight is 569 g/mol. The Hall–Kier alpha value is -3.26. The van der Waals surface area contributed by atoms with Crippen molar-refractivity contribution in [2.45, 2.75) is 45.0 Å². The quantitative estimate of drug-likeness (QED) is 0.385. The number of hydrogen-bond donors (Lipinski definition) is 2. The van der Waals surface area contributed by atoms with E-state index in [1.165, 1.54) is 4.90 Å². The number of methoxy groups -OCH3 is 1. The molecule has 1 aliphatic carbocycles. The number of amides is 1. The standard InChI is InChI=1S/C30H31Cl2N3O4/c1-17-12-13-33-27-24(16-25(38-3)28(26(17)27)39-19-10-11-22(31)23(32)15-19)34-18(2)7-6-14-35-29(36)20-8-4-5-9-21(20)30(35)37/h4-5,8-13,15-16,18,26-27,29,34,36H,6-7,14H2,1-3H3. The normalized spacial score (nSPS) is 22.7. The summed E-state index contributed by atoms with van der Waals surface area (Å²) >= 11 is 12.3. The number of carbonyl (C=O) groups excluding carboxylic acids is 1. The number of allylic oxidation sites excluding steroid dienone is 2. The molecule has 7 nitrogen and oxygen atoms in total. The molecule has 5 rings (SSSR count). The van der Waals surface area contributed by atoms with E-state index >= 15 is 0 Å². The van der Waals surface area contributed by atoms with Gasteiger partial charge in [0.2, 0.25) is 0 Å². The van der Waals surface area contributed by atoms with E-state index in [1.54, 1.807) is 37.4 Å². The summed E-state index contributed by atoms with van der Waals surface area (Å²) < 4.78 is 12.1. The molecule has 2 heterocycles. The minimum absolute atomic E-state index is 0.0891. The molecule has 4 atom stereocenters. The molecule has 0 saturated heterocycles. The van der Waals surface area contributed by atoms with Gasteiger partial charge in [0.1, 0.15) is 11.8 Å². The molecule has 0 aromatic heterocycles. The molecule has 0 fully saturated rings. The first kappa shape index (κ1) is 27.3. The number of hydrogen-bond acceptors (Lipinski definition) is 6. The number of halogens is 2. The highest BCUT2D eigenvalue weighted by atomic mass is 35.5. The van der Waals surface area contributed by atoms with E-state index in [0.29, 0.717) is 45.0 Å². The number of aliphatic imine (C=N–C) groups is 1. The summed E-state index contributed by atoms with van der Waals surface area (Å²) in [5.41, 5.74) is 3.27. The Labute approximate surface area is 238 Å². The van der Waals surface area contributed by atoms with Gasteiger partial charge in [0.05, 0.1) is 23.1 Å². The van der Waals surface area contributed by atoms with Crippen LogP contribution in [0.3, 0.4) is 0 Å². The largest absolute Gasteiger partial charge is 0.493 e. The number of carbonyl (C=O) groups is 1. The van der Waals surface area contributed by atoms with E-state index in [-0.39, 0.29) is 23.9 Å². The number of aliphatic hydroxyl groups is 1. The van der Waals surface area contributed by atoms with Gasteiger partial charge in [-0.15, -0.1) is 0 Å². The number of rotatable bonds is 9. The smallest absolute Gasteiger partial charge is 0.256 e. The first-order valence-corrected chi connectivity index (χ1v) is 13.7. The monoisotopic (exact) mass is 567 g/mol. The fourth-order valence-corrected chi connectivity index (χ4v) is 5.61. The van der Waals surface area contributed by atoms with Crippen molar-refractivity contribution in [1.29, 1.82) is 0 Å². The van der Waals surface area contributed by atoms with Crippen LogP contribution in [-0.4, -0.2) is 47.9 Å². The molecule has 0 saturated carbocycles. The summed E-state index contributed by atoms with van der Waals surface area (Å²) in [6.07, 6.45) is 6.36. The minimum atomic E-state index is -0.895. The fraction of sp³-hybridized carbons (Fsp3) is 0.333. The van der Waals surface area contributed by atoms with Gasteiger partial charge in [0.15, 0.2) is 17.7 Å². The third-order valence-electron chi connectivity index (χ3n) is 7.33. The molecule has 2 aromatic carbocycles. The molecule has 204 valence electrons. The molecular weight excluding hydrogens is 537 g/mol. The molecule has 39 heavy (non-hydrogen) atoms. The summed E-state index contributed by atoms with van der Waals surface area (Å²) in [5, 5.41) is 15.1. The summed E-state index contributed by atoms with van der Waals surface area (Å²) in [5.74, 6) is 1.54. The highest BCUT2D eigenvalue weighted by Gasteiger charge is 2.39. The maximum absolute atomic E-state index is 12.7. The van der Waals surface area contributed by atoms with E-state index < -0.39 is 6.23 Å². The van der Waals surface area contributed by atoms with Crippen molar-refractivity contribution < 1.29 is 19.4 Å². The third-order valence-corrected chi connectivity index (χ3v) is 8.07. The van der Waals surface area contributed by atoms with Crippen LogP contribution in [0.1, 0.15) is 48.8 Å². The number of benzene rings is 2. The second kappa shape index (κ2) is 11.5. The zero-order valence-electron chi connectivity index (χ0n) is 22.0.